The molecule has 1 unspecified atom stereocenters. The Balaban J connectivity index is 1.28. The first-order valence-corrected chi connectivity index (χ1v) is 13.0. The number of alkyl carbamates (subject to hydrolysis) is 1. The molecule has 0 saturated carbocycles. The first-order valence-electron chi connectivity index (χ1n) is 13.0. The quantitative estimate of drug-likeness (QED) is 0.343. The van der Waals surface area contributed by atoms with Crippen LogP contribution < -0.4 is 10.6 Å². The molecule has 8 heteroatoms. The SMILES string of the molecule is CN(Cc1ccccc1)CC(NC(=O)C(C)(C)CNC(=O)OCC1c2ccccc2-c2ccccc21)C(=O)O. The summed E-state index contributed by atoms with van der Waals surface area (Å²) < 4.78 is 5.56. The molecule has 3 N–H and O–H groups in total. The number of benzene rings is 3. The molecule has 204 valence electrons. The van der Waals surface area contributed by atoms with E-state index in [0.29, 0.717) is 6.54 Å². The van der Waals surface area contributed by atoms with E-state index in [1.807, 2.05) is 71.6 Å². The minimum absolute atomic E-state index is 0.0122. The summed E-state index contributed by atoms with van der Waals surface area (Å²) in [5, 5.41) is 15.0. The predicted octanol–water partition coefficient (Wildman–Crippen LogP) is 4.25. The van der Waals surface area contributed by atoms with Crippen molar-refractivity contribution in [1.29, 1.82) is 0 Å². The zero-order chi connectivity index (χ0) is 28.0. The summed E-state index contributed by atoms with van der Waals surface area (Å²) in [6, 6.07) is 24.8. The van der Waals surface area contributed by atoms with E-state index >= 15 is 0 Å². The standard InChI is InChI=1S/C31H35N3O5/c1-31(2,29(37)33-27(28(35)36)18-34(3)17-21-11-5-4-6-12-21)20-32-30(38)39-19-26-24-15-9-7-13-22(24)23-14-8-10-16-25(23)26/h4-16,26-27H,17-20H2,1-3H3,(H,32,38)(H,33,37)(H,35,36). The normalized spacial score (nSPS) is 13.3. The second-order valence-electron chi connectivity index (χ2n) is 10.6. The van der Waals surface area contributed by atoms with Gasteiger partial charge < -0.3 is 20.5 Å². The van der Waals surface area contributed by atoms with Crippen LogP contribution in [0.2, 0.25) is 0 Å². The lowest BCUT2D eigenvalue weighted by Crippen LogP contribution is -2.53. The van der Waals surface area contributed by atoms with Gasteiger partial charge in [0.05, 0.1) is 5.41 Å². The van der Waals surface area contributed by atoms with Gasteiger partial charge in [-0.25, -0.2) is 9.59 Å². The van der Waals surface area contributed by atoms with Gasteiger partial charge in [-0.2, -0.15) is 0 Å². The molecule has 3 aromatic carbocycles. The number of amides is 2. The van der Waals surface area contributed by atoms with Gasteiger partial charge in [0.2, 0.25) is 5.91 Å². The number of nitrogens with one attached hydrogen (secondary N) is 2. The van der Waals surface area contributed by atoms with Crippen molar-refractivity contribution in [2.75, 3.05) is 26.7 Å². The minimum Gasteiger partial charge on any atom is -0.480 e. The zero-order valence-corrected chi connectivity index (χ0v) is 22.5. The van der Waals surface area contributed by atoms with E-state index in [1.54, 1.807) is 20.9 Å². The van der Waals surface area contributed by atoms with Crippen molar-refractivity contribution >= 4 is 18.0 Å². The summed E-state index contributed by atoms with van der Waals surface area (Å²) in [6.07, 6.45) is -0.630. The second-order valence-corrected chi connectivity index (χ2v) is 10.6. The number of carbonyl (C=O) groups is 3. The highest BCUT2D eigenvalue weighted by molar-refractivity contribution is 5.87. The lowest BCUT2D eigenvalue weighted by molar-refractivity contribution is -0.144. The molecule has 3 aromatic rings. The lowest BCUT2D eigenvalue weighted by atomic mass is 9.92. The number of fused-ring (bicyclic) bond motifs is 3. The van der Waals surface area contributed by atoms with E-state index in [1.165, 1.54) is 0 Å². The molecule has 1 atom stereocenters. The number of rotatable bonds is 11. The third kappa shape index (κ3) is 6.83. The summed E-state index contributed by atoms with van der Waals surface area (Å²) in [7, 11) is 1.80. The van der Waals surface area contributed by atoms with Crippen LogP contribution in [0.3, 0.4) is 0 Å². The van der Waals surface area contributed by atoms with Crippen LogP contribution in [0.25, 0.3) is 11.1 Å². The van der Waals surface area contributed by atoms with Gasteiger partial charge in [0.25, 0.3) is 0 Å². The number of aliphatic carboxylic acids is 1. The van der Waals surface area contributed by atoms with E-state index in [9.17, 15) is 19.5 Å². The molecule has 0 aliphatic heterocycles. The fraction of sp³-hybridized carbons (Fsp3) is 0.323. The van der Waals surface area contributed by atoms with Crippen LogP contribution in [0.5, 0.6) is 0 Å². The summed E-state index contributed by atoms with van der Waals surface area (Å²) in [5.41, 5.74) is 4.50. The molecule has 0 saturated heterocycles. The number of carboxylic acids is 1. The largest absolute Gasteiger partial charge is 0.480 e. The number of likely N-dealkylation sites (N-methyl/N-ethyl adjacent to an activating group) is 1. The predicted molar refractivity (Wildman–Crippen MR) is 149 cm³/mol. The molecule has 4 rings (SSSR count). The maximum Gasteiger partial charge on any atom is 0.407 e. The topological polar surface area (TPSA) is 108 Å². The fourth-order valence-electron chi connectivity index (χ4n) is 4.83. The number of nitrogens with zero attached hydrogens (tertiary/aromatic N) is 1. The smallest absolute Gasteiger partial charge is 0.407 e. The molecule has 8 nitrogen and oxygen atoms in total. The van der Waals surface area contributed by atoms with E-state index < -0.39 is 29.4 Å². The van der Waals surface area contributed by atoms with Crippen LogP contribution in [0.1, 0.15) is 36.5 Å². The Morgan fingerprint density at radius 1 is 0.923 bits per heavy atom. The summed E-state index contributed by atoms with van der Waals surface area (Å²) in [5.74, 6) is -1.66. The number of ether oxygens (including phenoxy) is 1. The fourth-order valence-corrected chi connectivity index (χ4v) is 4.83. The Kier molecular flexibility index (Phi) is 8.66. The lowest BCUT2D eigenvalue weighted by Gasteiger charge is -2.28. The van der Waals surface area contributed by atoms with Gasteiger partial charge in [-0.05, 0) is 48.7 Å². The van der Waals surface area contributed by atoms with E-state index in [2.05, 4.69) is 22.8 Å². The van der Waals surface area contributed by atoms with Crippen molar-refractivity contribution in [2.24, 2.45) is 5.41 Å². The van der Waals surface area contributed by atoms with Crippen molar-refractivity contribution in [1.82, 2.24) is 15.5 Å². The van der Waals surface area contributed by atoms with Crippen molar-refractivity contribution in [2.45, 2.75) is 32.4 Å². The molecule has 0 heterocycles. The molecular formula is C31H35N3O5. The Bertz CT molecular complexity index is 1280. The molecule has 1 aliphatic carbocycles. The highest BCUT2D eigenvalue weighted by Gasteiger charge is 2.33. The van der Waals surface area contributed by atoms with Crippen molar-refractivity contribution in [3.05, 3.63) is 95.6 Å². The Labute approximate surface area is 229 Å². The number of carbonyl (C=O) groups excluding carboxylic acids is 2. The molecule has 2 amide bonds. The van der Waals surface area contributed by atoms with Gasteiger partial charge in [-0.3, -0.25) is 9.69 Å². The number of hydrogen-bond acceptors (Lipinski definition) is 5. The Hall–Kier alpha value is -4.17. The number of carboxylic acid groups (broad SMARTS) is 1. The Morgan fingerprint density at radius 3 is 2.08 bits per heavy atom. The monoisotopic (exact) mass is 529 g/mol. The van der Waals surface area contributed by atoms with Crippen molar-refractivity contribution < 1.29 is 24.2 Å². The maximum absolute atomic E-state index is 13.0. The zero-order valence-electron chi connectivity index (χ0n) is 22.5. The molecule has 0 spiro atoms. The molecule has 39 heavy (non-hydrogen) atoms. The van der Waals surface area contributed by atoms with Gasteiger partial charge in [0, 0.05) is 25.6 Å². The molecular weight excluding hydrogens is 494 g/mol. The molecule has 0 fully saturated rings. The van der Waals surface area contributed by atoms with Gasteiger partial charge in [0.15, 0.2) is 0 Å². The highest BCUT2D eigenvalue weighted by atomic mass is 16.5. The molecule has 0 aromatic heterocycles. The second kappa shape index (κ2) is 12.1. The summed E-state index contributed by atoms with van der Waals surface area (Å²) in [4.78, 5) is 39.3. The maximum atomic E-state index is 13.0. The third-order valence-electron chi connectivity index (χ3n) is 7.03. The first-order chi connectivity index (χ1) is 18.7. The van der Waals surface area contributed by atoms with Gasteiger partial charge in [-0.1, -0.05) is 78.9 Å². The third-order valence-corrected chi connectivity index (χ3v) is 7.03. The van der Waals surface area contributed by atoms with Gasteiger partial charge in [0.1, 0.15) is 12.6 Å². The van der Waals surface area contributed by atoms with Gasteiger partial charge in [-0.15, -0.1) is 0 Å². The van der Waals surface area contributed by atoms with E-state index in [4.69, 9.17) is 4.74 Å². The van der Waals surface area contributed by atoms with Crippen molar-refractivity contribution in [3.63, 3.8) is 0 Å². The first kappa shape index (κ1) is 27.9. The highest BCUT2D eigenvalue weighted by Crippen LogP contribution is 2.44. The van der Waals surface area contributed by atoms with Gasteiger partial charge >= 0.3 is 12.1 Å². The van der Waals surface area contributed by atoms with Crippen LogP contribution >= 0.6 is 0 Å². The average molecular weight is 530 g/mol. The number of hydrogen-bond donors (Lipinski definition) is 3. The van der Waals surface area contributed by atoms with Crippen LogP contribution in [-0.4, -0.2) is 60.8 Å². The van der Waals surface area contributed by atoms with Crippen LogP contribution in [0, 0.1) is 5.41 Å². The molecule has 0 radical (unpaired) electrons. The average Bonchev–Trinajstić information content (AvgIpc) is 3.24. The van der Waals surface area contributed by atoms with Crippen LogP contribution in [0.4, 0.5) is 4.79 Å². The summed E-state index contributed by atoms with van der Waals surface area (Å²) >= 11 is 0. The molecule has 1 aliphatic rings. The van der Waals surface area contributed by atoms with Crippen LogP contribution in [-0.2, 0) is 20.9 Å². The molecule has 0 bridgehead atoms. The van der Waals surface area contributed by atoms with E-state index in [-0.39, 0.29) is 25.6 Å². The van der Waals surface area contributed by atoms with Crippen molar-refractivity contribution in [3.8, 4) is 11.1 Å². The minimum atomic E-state index is -1.12. The van der Waals surface area contributed by atoms with Crippen LogP contribution in [0.15, 0.2) is 78.9 Å². The van der Waals surface area contributed by atoms with E-state index in [0.717, 1.165) is 27.8 Å². The summed E-state index contributed by atoms with van der Waals surface area (Å²) in [6.45, 7) is 4.14. The Morgan fingerprint density at radius 2 is 1.49 bits per heavy atom.